The van der Waals surface area contributed by atoms with Crippen LogP contribution in [0.4, 0.5) is 0 Å². The molecule has 2 aliphatic rings. The van der Waals surface area contributed by atoms with Crippen LogP contribution in [0.25, 0.3) is 5.57 Å². The lowest BCUT2D eigenvalue weighted by Gasteiger charge is -2.20. The molecule has 0 radical (unpaired) electrons. The standard InChI is InChI=1S/C18H23N3O2S/c1-13-20-16(12-24-13)14-6-7-15(11-14)18(23)19-8-10-21-9-4-2-3-5-17(21)22/h6,11-12H,2-5,7-10H2,1H3,(H,19,23). The molecule has 1 aromatic heterocycles. The van der Waals surface area contributed by atoms with Gasteiger partial charge in [0.1, 0.15) is 0 Å². The summed E-state index contributed by atoms with van der Waals surface area (Å²) < 4.78 is 0. The van der Waals surface area contributed by atoms with Crippen LogP contribution < -0.4 is 5.32 Å². The molecule has 0 aromatic carbocycles. The Balaban J connectivity index is 1.48. The van der Waals surface area contributed by atoms with Gasteiger partial charge in [-0.2, -0.15) is 0 Å². The van der Waals surface area contributed by atoms with Gasteiger partial charge in [-0.3, -0.25) is 9.59 Å². The molecule has 3 rings (SSSR count). The van der Waals surface area contributed by atoms with Crippen LogP contribution in [0.5, 0.6) is 0 Å². The Kier molecular flexibility index (Phi) is 5.45. The first-order valence-electron chi connectivity index (χ1n) is 8.52. The van der Waals surface area contributed by atoms with Gasteiger partial charge in [0, 0.05) is 37.0 Å². The van der Waals surface area contributed by atoms with Crippen LogP contribution >= 0.6 is 11.3 Å². The molecule has 1 N–H and O–H groups in total. The summed E-state index contributed by atoms with van der Waals surface area (Å²) in [6.45, 7) is 3.90. The number of nitrogens with zero attached hydrogens (tertiary/aromatic N) is 2. The fourth-order valence-electron chi connectivity index (χ4n) is 3.05. The van der Waals surface area contributed by atoms with Gasteiger partial charge in [0.2, 0.25) is 11.8 Å². The third-order valence-corrected chi connectivity index (χ3v) is 5.19. The van der Waals surface area contributed by atoms with Crippen molar-refractivity contribution in [1.82, 2.24) is 15.2 Å². The zero-order valence-corrected chi connectivity index (χ0v) is 14.8. The summed E-state index contributed by atoms with van der Waals surface area (Å²) in [5.74, 6) is 0.167. The summed E-state index contributed by atoms with van der Waals surface area (Å²) >= 11 is 1.61. The van der Waals surface area contributed by atoms with Crippen molar-refractivity contribution in [3.63, 3.8) is 0 Å². The van der Waals surface area contributed by atoms with E-state index in [9.17, 15) is 9.59 Å². The zero-order valence-electron chi connectivity index (χ0n) is 14.0. The minimum atomic E-state index is -0.0459. The highest BCUT2D eigenvalue weighted by Gasteiger charge is 2.18. The lowest BCUT2D eigenvalue weighted by Crippen LogP contribution is -2.38. The predicted octanol–water partition coefficient (Wildman–Crippen LogP) is 2.68. The van der Waals surface area contributed by atoms with E-state index in [1.807, 2.05) is 29.4 Å². The Morgan fingerprint density at radius 1 is 1.38 bits per heavy atom. The van der Waals surface area contributed by atoms with Gasteiger partial charge in [-0.1, -0.05) is 12.5 Å². The van der Waals surface area contributed by atoms with E-state index in [-0.39, 0.29) is 11.8 Å². The zero-order chi connectivity index (χ0) is 16.9. The Morgan fingerprint density at radius 3 is 3.04 bits per heavy atom. The lowest BCUT2D eigenvalue weighted by atomic mass is 10.2. The Morgan fingerprint density at radius 2 is 2.25 bits per heavy atom. The van der Waals surface area contributed by atoms with Gasteiger partial charge in [-0.05, 0) is 37.8 Å². The summed E-state index contributed by atoms with van der Waals surface area (Å²) in [5.41, 5.74) is 2.72. The van der Waals surface area contributed by atoms with E-state index < -0.39 is 0 Å². The number of aryl methyl sites for hydroxylation is 1. The van der Waals surface area contributed by atoms with Crippen LogP contribution in [0.2, 0.25) is 0 Å². The molecule has 0 bridgehead atoms. The minimum Gasteiger partial charge on any atom is -0.351 e. The number of amides is 2. The van der Waals surface area contributed by atoms with Crippen LogP contribution in [-0.2, 0) is 9.59 Å². The van der Waals surface area contributed by atoms with Crippen molar-refractivity contribution in [3.05, 3.63) is 33.8 Å². The molecular weight excluding hydrogens is 322 g/mol. The van der Waals surface area contributed by atoms with Gasteiger partial charge in [-0.25, -0.2) is 4.98 Å². The largest absolute Gasteiger partial charge is 0.351 e. The van der Waals surface area contributed by atoms with Crippen molar-refractivity contribution in [3.8, 4) is 0 Å². The molecule has 5 nitrogen and oxygen atoms in total. The van der Waals surface area contributed by atoms with Gasteiger partial charge in [0.05, 0.1) is 10.7 Å². The molecule has 24 heavy (non-hydrogen) atoms. The van der Waals surface area contributed by atoms with E-state index in [1.54, 1.807) is 11.3 Å². The number of thiazole rings is 1. The molecule has 2 heterocycles. The number of carbonyl (C=O) groups is 2. The molecule has 1 fully saturated rings. The monoisotopic (exact) mass is 345 g/mol. The molecule has 0 saturated carbocycles. The van der Waals surface area contributed by atoms with E-state index in [4.69, 9.17) is 0 Å². The average Bonchev–Trinajstić information content (AvgIpc) is 3.16. The normalized spacial score (nSPS) is 18.2. The minimum absolute atomic E-state index is 0.0459. The Hall–Kier alpha value is -1.95. The highest BCUT2D eigenvalue weighted by molar-refractivity contribution is 7.09. The first-order valence-corrected chi connectivity index (χ1v) is 9.40. The fraction of sp³-hybridized carbons (Fsp3) is 0.500. The van der Waals surface area contributed by atoms with Gasteiger partial charge < -0.3 is 10.2 Å². The second kappa shape index (κ2) is 7.75. The Labute approximate surface area is 146 Å². The highest BCUT2D eigenvalue weighted by Crippen LogP contribution is 2.27. The van der Waals surface area contributed by atoms with Crippen LogP contribution in [0.15, 0.2) is 23.1 Å². The number of nitrogens with one attached hydrogen (secondary N) is 1. The molecule has 6 heteroatoms. The number of allylic oxidation sites excluding steroid dienone is 3. The number of carbonyl (C=O) groups excluding carboxylic acids is 2. The lowest BCUT2D eigenvalue weighted by molar-refractivity contribution is -0.131. The number of rotatable bonds is 5. The maximum absolute atomic E-state index is 12.3. The van der Waals surface area contributed by atoms with Crippen LogP contribution in [-0.4, -0.2) is 41.3 Å². The quantitative estimate of drug-likeness (QED) is 0.892. The molecular formula is C18H23N3O2S. The second-order valence-electron chi connectivity index (χ2n) is 6.23. The van der Waals surface area contributed by atoms with Crippen molar-refractivity contribution in [2.24, 2.45) is 0 Å². The number of hydrogen-bond acceptors (Lipinski definition) is 4. The predicted molar refractivity (Wildman–Crippen MR) is 95.6 cm³/mol. The molecule has 0 atom stereocenters. The summed E-state index contributed by atoms with van der Waals surface area (Å²) in [6.07, 6.45) is 8.40. The SMILES string of the molecule is Cc1nc(C2=CCC(C(=O)NCCN3CCCCCC3=O)=C2)cs1. The molecule has 1 aliphatic carbocycles. The van der Waals surface area contributed by atoms with Crippen molar-refractivity contribution >= 4 is 28.7 Å². The molecule has 1 aromatic rings. The first-order chi connectivity index (χ1) is 11.6. The van der Waals surface area contributed by atoms with Gasteiger partial charge >= 0.3 is 0 Å². The maximum atomic E-state index is 12.3. The third-order valence-electron chi connectivity index (χ3n) is 4.42. The van der Waals surface area contributed by atoms with E-state index in [0.29, 0.717) is 25.9 Å². The number of likely N-dealkylation sites (tertiary alicyclic amines) is 1. The summed E-state index contributed by atoms with van der Waals surface area (Å²) in [5, 5.41) is 5.98. The number of hydrogen-bond donors (Lipinski definition) is 1. The van der Waals surface area contributed by atoms with Crippen molar-refractivity contribution < 1.29 is 9.59 Å². The maximum Gasteiger partial charge on any atom is 0.247 e. The van der Waals surface area contributed by atoms with Crippen molar-refractivity contribution in [2.45, 2.75) is 39.0 Å². The summed E-state index contributed by atoms with van der Waals surface area (Å²) in [7, 11) is 0. The summed E-state index contributed by atoms with van der Waals surface area (Å²) in [6, 6.07) is 0. The third kappa shape index (κ3) is 4.12. The van der Waals surface area contributed by atoms with E-state index >= 15 is 0 Å². The molecule has 128 valence electrons. The van der Waals surface area contributed by atoms with Crippen molar-refractivity contribution in [1.29, 1.82) is 0 Å². The topological polar surface area (TPSA) is 62.3 Å². The number of aromatic nitrogens is 1. The first kappa shape index (κ1) is 16.9. The van der Waals surface area contributed by atoms with Gasteiger partial charge in [0.25, 0.3) is 0 Å². The van der Waals surface area contributed by atoms with Crippen LogP contribution in [0, 0.1) is 6.92 Å². The molecule has 0 spiro atoms. The summed E-state index contributed by atoms with van der Waals surface area (Å²) in [4.78, 5) is 30.5. The molecule has 1 aliphatic heterocycles. The van der Waals surface area contributed by atoms with Crippen molar-refractivity contribution in [2.75, 3.05) is 19.6 Å². The molecule has 2 amide bonds. The molecule has 0 unspecified atom stereocenters. The van der Waals surface area contributed by atoms with Crippen LogP contribution in [0.3, 0.4) is 0 Å². The average molecular weight is 345 g/mol. The molecule has 1 saturated heterocycles. The smallest absolute Gasteiger partial charge is 0.247 e. The van der Waals surface area contributed by atoms with Crippen LogP contribution in [0.1, 0.15) is 42.8 Å². The van der Waals surface area contributed by atoms with Gasteiger partial charge in [0.15, 0.2) is 0 Å². The van der Waals surface area contributed by atoms with Gasteiger partial charge in [-0.15, -0.1) is 11.3 Å². The fourth-order valence-corrected chi connectivity index (χ4v) is 3.67. The second-order valence-corrected chi connectivity index (χ2v) is 7.29. The van der Waals surface area contributed by atoms with E-state index in [2.05, 4.69) is 10.3 Å². The van der Waals surface area contributed by atoms with E-state index in [0.717, 1.165) is 47.7 Å². The highest BCUT2D eigenvalue weighted by atomic mass is 32.1. The Bertz CT molecular complexity index is 690. The van der Waals surface area contributed by atoms with E-state index in [1.165, 1.54) is 0 Å².